The van der Waals surface area contributed by atoms with Crippen molar-refractivity contribution in [3.63, 3.8) is 0 Å². The molecule has 20 heavy (non-hydrogen) atoms. The van der Waals surface area contributed by atoms with Crippen molar-refractivity contribution in [2.75, 3.05) is 13.1 Å². The van der Waals surface area contributed by atoms with Gasteiger partial charge >= 0.3 is 6.36 Å². The van der Waals surface area contributed by atoms with Crippen LogP contribution < -0.4 is 10.5 Å². The van der Waals surface area contributed by atoms with Crippen LogP contribution in [0.25, 0.3) is 0 Å². The third-order valence-corrected chi connectivity index (χ3v) is 3.08. The van der Waals surface area contributed by atoms with E-state index in [2.05, 4.69) is 9.64 Å². The molecule has 0 amide bonds. The van der Waals surface area contributed by atoms with Crippen LogP contribution in [-0.4, -0.2) is 30.4 Å². The minimum Gasteiger partial charge on any atom is -0.406 e. The van der Waals surface area contributed by atoms with Gasteiger partial charge in [0, 0.05) is 19.1 Å². The Labute approximate surface area is 122 Å². The average Bonchev–Trinajstić information content (AvgIpc) is 2.27. The first-order valence-electron chi connectivity index (χ1n) is 6.25. The molecule has 1 unspecified atom stereocenters. The van der Waals surface area contributed by atoms with E-state index in [4.69, 9.17) is 5.73 Å². The molecular formula is C13H18ClF3N2O. The molecular weight excluding hydrogens is 293 g/mol. The van der Waals surface area contributed by atoms with Gasteiger partial charge in [0.15, 0.2) is 0 Å². The Bertz CT molecular complexity index is 428. The largest absolute Gasteiger partial charge is 0.573 e. The maximum absolute atomic E-state index is 12.1. The minimum absolute atomic E-state index is 0. The third kappa shape index (κ3) is 5.56. The van der Waals surface area contributed by atoms with Gasteiger partial charge in [0.1, 0.15) is 5.75 Å². The van der Waals surface area contributed by atoms with Crippen LogP contribution in [0.2, 0.25) is 0 Å². The van der Waals surface area contributed by atoms with Crippen LogP contribution in [0, 0.1) is 0 Å². The van der Waals surface area contributed by atoms with E-state index in [1.807, 2.05) is 0 Å². The summed E-state index contributed by atoms with van der Waals surface area (Å²) in [4.78, 5) is 2.15. The average molecular weight is 311 g/mol. The van der Waals surface area contributed by atoms with Gasteiger partial charge < -0.3 is 10.5 Å². The molecule has 2 rings (SSSR count). The van der Waals surface area contributed by atoms with E-state index in [1.54, 1.807) is 12.1 Å². The molecule has 1 aliphatic heterocycles. The first kappa shape index (κ1) is 17.1. The molecule has 1 aromatic carbocycles. The summed E-state index contributed by atoms with van der Waals surface area (Å²) >= 11 is 0. The monoisotopic (exact) mass is 310 g/mol. The summed E-state index contributed by atoms with van der Waals surface area (Å²) in [7, 11) is 0. The smallest absolute Gasteiger partial charge is 0.406 e. The van der Waals surface area contributed by atoms with Gasteiger partial charge in [-0.3, -0.25) is 4.90 Å². The van der Waals surface area contributed by atoms with E-state index in [-0.39, 0.29) is 24.2 Å². The zero-order valence-corrected chi connectivity index (χ0v) is 11.7. The summed E-state index contributed by atoms with van der Waals surface area (Å²) in [5.41, 5.74) is 6.68. The number of nitrogens with two attached hydrogens (primary N) is 1. The highest BCUT2D eigenvalue weighted by Gasteiger charge is 2.31. The molecule has 1 aromatic rings. The molecule has 1 atom stereocenters. The highest BCUT2D eigenvalue weighted by molar-refractivity contribution is 5.85. The van der Waals surface area contributed by atoms with E-state index in [0.717, 1.165) is 31.5 Å². The Morgan fingerprint density at radius 3 is 2.75 bits per heavy atom. The number of rotatable bonds is 3. The second-order valence-corrected chi connectivity index (χ2v) is 4.83. The molecule has 114 valence electrons. The second-order valence-electron chi connectivity index (χ2n) is 4.83. The zero-order chi connectivity index (χ0) is 13.9. The summed E-state index contributed by atoms with van der Waals surface area (Å²) in [6.45, 7) is 2.31. The highest BCUT2D eigenvalue weighted by atomic mass is 35.5. The van der Waals surface area contributed by atoms with Gasteiger partial charge in [-0.05, 0) is 37.1 Å². The molecule has 3 nitrogen and oxygen atoms in total. The number of alkyl halides is 3. The van der Waals surface area contributed by atoms with E-state index in [9.17, 15) is 13.2 Å². The highest BCUT2D eigenvalue weighted by Crippen LogP contribution is 2.24. The second kappa shape index (κ2) is 7.15. The maximum atomic E-state index is 12.1. The van der Waals surface area contributed by atoms with Gasteiger partial charge in [0.05, 0.1) is 0 Å². The standard InChI is InChI=1S/C13H17F3N2O.ClH/c14-13(15,16)19-12-5-1-3-10(7-12)8-18-6-2-4-11(17)9-18;/h1,3,5,7,11H,2,4,6,8-9,17H2;1H. The van der Waals surface area contributed by atoms with Gasteiger partial charge in [-0.25, -0.2) is 0 Å². The summed E-state index contributed by atoms with van der Waals surface area (Å²) in [5, 5.41) is 0. The number of ether oxygens (including phenoxy) is 1. The Balaban J connectivity index is 0.00000200. The predicted octanol–water partition coefficient (Wildman–Crippen LogP) is 2.93. The Kier molecular flexibility index (Phi) is 6.10. The van der Waals surface area contributed by atoms with Crippen molar-refractivity contribution in [3.8, 4) is 5.75 Å². The van der Waals surface area contributed by atoms with Crippen LogP contribution in [0.15, 0.2) is 24.3 Å². The van der Waals surface area contributed by atoms with Crippen molar-refractivity contribution >= 4 is 12.4 Å². The van der Waals surface area contributed by atoms with Crippen LogP contribution in [0.5, 0.6) is 5.75 Å². The number of hydrogen-bond donors (Lipinski definition) is 1. The third-order valence-electron chi connectivity index (χ3n) is 3.08. The van der Waals surface area contributed by atoms with Crippen LogP contribution in [-0.2, 0) is 6.54 Å². The van der Waals surface area contributed by atoms with Crippen LogP contribution in [0.3, 0.4) is 0 Å². The fourth-order valence-electron chi connectivity index (χ4n) is 2.33. The molecule has 0 aromatic heterocycles. The lowest BCUT2D eigenvalue weighted by atomic mass is 10.1. The molecule has 1 saturated heterocycles. The number of halogens is 4. The molecule has 1 fully saturated rings. The number of hydrogen-bond acceptors (Lipinski definition) is 3. The van der Waals surface area contributed by atoms with Crippen molar-refractivity contribution in [2.24, 2.45) is 5.73 Å². The van der Waals surface area contributed by atoms with Gasteiger partial charge in [-0.15, -0.1) is 25.6 Å². The molecule has 0 aliphatic carbocycles. The fourth-order valence-corrected chi connectivity index (χ4v) is 2.33. The Morgan fingerprint density at radius 1 is 1.35 bits per heavy atom. The summed E-state index contributed by atoms with van der Waals surface area (Å²) in [6.07, 6.45) is -2.61. The van der Waals surface area contributed by atoms with Crippen molar-refractivity contribution in [2.45, 2.75) is 31.8 Å². The summed E-state index contributed by atoms with van der Waals surface area (Å²) in [5.74, 6) is -0.175. The molecule has 0 bridgehead atoms. The first-order valence-corrected chi connectivity index (χ1v) is 6.25. The number of nitrogens with zero attached hydrogens (tertiary/aromatic N) is 1. The lowest BCUT2D eigenvalue weighted by Crippen LogP contribution is -2.42. The normalized spacial score (nSPS) is 20.3. The van der Waals surface area contributed by atoms with Gasteiger partial charge in [0.2, 0.25) is 0 Å². The molecule has 0 spiro atoms. The predicted molar refractivity (Wildman–Crippen MR) is 72.9 cm³/mol. The Morgan fingerprint density at radius 2 is 2.10 bits per heavy atom. The molecule has 0 saturated carbocycles. The fraction of sp³-hybridized carbons (Fsp3) is 0.538. The summed E-state index contributed by atoms with van der Waals surface area (Å²) in [6, 6.07) is 6.25. The quantitative estimate of drug-likeness (QED) is 0.933. The van der Waals surface area contributed by atoms with E-state index in [0.29, 0.717) is 6.54 Å². The molecule has 1 heterocycles. The molecule has 2 N–H and O–H groups in total. The number of piperidine rings is 1. The van der Waals surface area contributed by atoms with Gasteiger partial charge in [-0.1, -0.05) is 12.1 Å². The lowest BCUT2D eigenvalue weighted by Gasteiger charge is -2.30. The number of likely N-dealkylation sites (tertiary alicyclic amines) is 1. The minimum atomic E-state index is -4.65. The van der Waals surface area contributed by atoms with E-state index >= 15 is 0 Å². The first-order chi connectivity index (χ1) is 8.92. The summed E-state index contributed by atoms with van der Waals surface area (Å²) < 4.78 is 40.3. The zero-order valence-electron chi connectivity index (χ0n) is 10.9. The van der Waals surface area contributed by atoms with Gasteiger partial charge in [0.25, 0.3) is 0 Å². The van der Waals surface area contributed by atoms with Crippen LogP contribution in [0.4, 0.5) is 13.2 Å². The van der Waals surface area contributed by atoms with Crippen molar-refractivity contribution < 1.29 is 17.9 Å². The Hall–Kier alpha value is -0.980. The maximum Gasteiger partial charge on any atom is 0.573 e. The van der Waals surface area contributed by atoms with E-state index in [1.165, 1.54) is 12.1 Å². The van der Waals surface area contributed by atoms with Crippen molar-refractivity contribution in [1.29, 1.82) is 0 Å². The van der Waals surface area contributed by atoms with Crippen molar-refractivity contribution in [1.82, 2.24) is 4.90 Å². The van der Waals surface area contributed by atoms with Crippen LogP contribution in [0.1, 0.15) is 18.4 Å². The topological polar surface area (TPSA) is 38.5 Å². The molecule has 7 heteroatoms. The molecule has 0 radical (unpaired) electrons. The number of benzene rings is 1. The van der Waals surface area contributed by atoms with Gasteiger partial charge in [-0.2, -0.15) is 0 Å². The molecule has 1 aliphatic rings. The van der Waals surface area contributed by atoms with E-state index < -0.39 is 6.36 Å². The SMILES string of the molecule is Cl.NC1CCCN(Cc2cccc(OC(F)(F)F)c2)C1. The van der Waals surface area contributed by atoms with Crippen molar-refractivity contribution in [3.05, 3.63) is 29.8 Å². The van der Waals surface area contributed by atoms with Crippen LogP contribution >= 0.6 is 12.4 Å². The lowest BCUT2D eigenvalue weighted by molar-refractivity contribution is -0.274.